The van der Waals surface area contributed by atoms with Crippen molar-refractivity contribution >= 4 is 21.6 Å². The molecule has 0 aliphatic rings. The predicted octanol–water partition coefficient (Wildman–Crippen LogP) is 3.48. The lowest BCUT2D eigenvalue weighted by molar-refractivity contribution is -0.386. The van der Waals surface area contributed by atoms with Crippen molar-refractivity contribution in [1.29, 1.82) is 5.26 Å². The zero-order chi connectivity index (χ0) is 15.1. The number of nitrogens with zero attached hydrogens (tertiary/aromatic N) is 2. The topological polar surface area (TPSA) is 96.4 Å². The maximum atomic E-state index is 11.1. The SMILES string of the molecule is C[C@H](O)c1cc(Br)cc([N+](=O)[O-])c1OCCCCC#N. The average Bonchev–Trinajstić information content (AvgIpc) is 2.38. The Morgan fingerprint density at radius 3 is 2.80 bits per heavy atom. The molecule has 0 saturated heterocycles. The second-order valence-electron chi connectivity index (χ2n) is 4.24. The van der Waals surface area contributed by atoms with E-state index in [1.54, 1.807) is 6.07 Å². The second kappa shape index (κ2) is 7.82. The number of ether oxygens (including phenoxy) is 1. The van der Waals surface area contributed by atoms with Gasteiger partial charge in [-0.25, -0.2) is 0 Å². The summed E-state index contributed by atoms with van der Waals surface area (Å²) in [4.78, 5) is 10.5. The number of nitriles is 1. The van der Waals surface area contributed by atoms with Crippen LogP contribution in [-0.2, 0) is 0 Å². The highest BCUT2D eigenvalue weighted by Crippen LogP contribution is 2.37. The Labute approximate surface area is 125 Å². The van der Waals surface area contributed by atoms with E-state index in [9.17, 15) is 15.2 Å². The van der Waals surface area contributed by atoms with Crippen LogP contribution in [-0.4, -0.2) is 16.6 Å². The van der Waals surface area contributed by atoms with Crippen LogP contribution in [0.1, 0.15) is 37.9 Å². The summed E-state index contributed by atoms with van der Waals surface area (Å²) in [5, 5.41) is 29.2. The highest BCUT2D eigenvalue weighted by Gasteiger charge is 2.23. The van der Waals surface area contributed by atoms with Gasteiger partial charge in [0.15, 0.2) is 0 Å². The molecule has 0 bridgehead atoms. The molecular formula is C13H15BrN2O4. The van der Waals surface area contributed by atoms with Gasteiger partial charge < -0.3 is 9.84 Å². The summed E-state index contributed by atoms with van der Waals surface area (Å²) < 4.78 is 5.97. The molecule has 1 aromatic carbocycles. The first-order valence-electron chi connectivity index (χ1n) is 6.13. The third-order valence-corrected chi connectivity index (χ3v) is 3.10. The lowest BCUT2D eigenvalue weighted by Crippen LogP contribution is -2.05. The lowest BCUT2D eigenvalue weighted by atomic mass is 10.1. The van der Waals surface area contributed by atoms with Crippen molar-refractivity contribution in [3.8, 4) is 11.8 Å². The normalized spacial score (nSPS) is 11.7. The molecule has 20 heavy (non-hydrogen) atoms. The first-order chi connectivity index (χ1) is 9.47. The van der Waals surface area contributed by atoms with Crippen molar-refractivity contribution in [2.24, 2.45) is 0 Å². The molecule has 0 saturated carbocycles. The van der Waals surface area contributed by atoms with Gasteiger partial charge in [0.1, 0.15) is 0 Å². The fourth-order valence-electron chi connectivity index (χ4n) is 1.68. The molecule has 0 fully saturated rings. The number of aliphatic hydroxyl groups is 1. The van der Waals surface area contributed by atoms with E-state index in [0.717, 1.165) is 0 Å². The number of hydrogen-bond donors (Lipinski definition) is 1. The zero-order valence-corrected chi connectivity index (χ0v) is 12.6. The van der Waals surface area contributed by atoms with Gasteiger partial charge in [-0.05, 0) is 25.8 Å². The van der Waals surface area contributed by atoms with Crippen LogP contribution in [0.5, 0.6) is 5.75 Å². The monoisotopic (exact) mass is 342 g/mol. The molecule has 1 N–H and O–H groups in total. The number of aliphatic hydroxyl groups excluding tert-OH is 1. The van der Waals surface area contributed by atoms with Gasteiger partial charge in [0.05, 0.1) is 23.7 Å². The summed E-state index contributed by atoms with van der Waals surface area (Å²) in [6, 6.07) is 4.97. The first-order valence-corrected chi connectivity index (χ1v) is 6.92. The van der Waals surface area contributed by atoms with Gasteiger partial charge in [0.2, 0.25) is 5.75 Å². The molecule has 0 aliphatic heterocycles. The van der Waals surface area contributed by atoms with E-state index in [0.29, 0.717) is 29.3 Å². The van der Waals surface area contributed by atoms with Crippen LogP contribution in [0.4, 0.5) is 5.69 Å². The fraction of sp³-hybridized carbons (Fsp3) is 0.462. The Bertz CT molecular complexity index is 526. The zero-order valence-electron chi connectivity index (χ0n) is 11.0. The average molecular weight is 343 g/mol. The number of halogens is 1. The molecule has 0 aromatic heterocycles. The molecular weight excluding hydrogens is 328 g/mol. The van der Waals surface area contributed by atoms with Crippen LogP contribution in [0, 0.1) is 21.4 Å². The molecule has 0 amide bonds. The molecule has 1 aromatic rings. The molecule has 108 valence electrons. The van der Waals surface area contributed by atoms with Crippen molar-refractivity contribution < 1.29 is 14.8 Å². The molecule has 0 heterocycles. The highest BCUT2D eigenvalue weighted by molar-refractivity contribution is 9.10. The van der Waals surface area contributed by atoms with Crippen LogP contribution in [0.2, 0.25) is 0 Å². The maximum Gasteiger partial charge on any atom is 0.312 e. The van der Waals surface area contributed by atoms with Gasteiger partial charge in [-0.2, -0.15) is 5.26 Å². The van der Waals surface area contributed by atoms with Crippen molar-refractivity contribution in [2.45, 2.75) is 32.3 Å². The molecule has 0 aliphatic carbocycles. The largest absolute Gasteiger partial charge is 0.487 e. The number of nitro benzene ring substituents is 1. The summed E-state index contributed by atoms with van der Waals surface area (Å²) in [6.45, 7) is 1.79. The molecule has 1 rings (SSSR count). The number of rotatable bonds is 7. The molecule has 0 radical (unpaired) electrons. The van der Waals surface area contributed by atoms with Gasteiger partial charge in [-0.3, -0.25) is 10.1 Å². The first kappa shape index (κ1) is 16.4. The van der Waals surface area contributed by atoms with Crippen molar-refractivity contribution in [3.63, 3.8) is 0 Å². The maximum absolute atomic E-state index is 11.1. The van der Waals surface area contributed by atoms with Crippen molar-refractivity contribution in [1.82, 2.24) is 0 Å². The molecule has 1 atom stereocenters. The molecule has 0 spiro atoms. The smallest absolute Gasteiger partial charge is 0.312 e. The number of nitro groups is 1. The number of hydrogen-bond acceptors (Lipinski definition) is 5. The van der Waals surface area contributed by atoms with Crippen LogP contribution in [0.15, 0.2) is 16.6 Å². The molecule has 0 unspecified atom stereocenters. The van der Waals surface area contributed by atoms with Gasteiger partial charge in [-0.1, -0.05) is 15.9 Å². The van der Waals surface area contributed by atoms with E-state index >= 15 is 0 Å². The van der Waals surface area contributed by atoms with E-state index in [-0.39, 0.29) is 18.0 Å². The minimum Gasteiger partial charge on any atom is -0.487 e. The quantitative estimate of drug-likeness (QED) is 0.464. The Balaban J connectivity index is 2.96. The minimum absolute atomic E-state index is 0.0881. The van der Waals surface area contributed by atoms with Crippen LogP contribution in [0.25, 0.3) is 0 Å². The highest BCUT2D eigenvalue weighted by atomic mass is 79.9. The van der Waals surface area contributed by atoms with Crippen LogP contribution < -0.4 is 4.74 Å². The van der Waals surface area contributed by atoms with Gasteiger partial charge in [0.25, 0.3) is 0 Å². The van der Waals surface area contributed by atoms with E-state index < -0.39 is 11.0 Å². The summed E-state index contributed by atoms with van der Waals surface area (Å²) >= 11 is 3.18. The Kier molecular flexibility index (Phi) is 6.42. The van der Waals surface area contributed by atoms with Crippen molar-refractivity contribution in [3.05, 3.63) is 32.3 Å². The van der Waals surface area contributed by atoms with Crippen LogP contribution >= 0.6 is 15.9 Å². The fourth-order valence-corrected chi connectivity index (χ4v) is 2.15. The number of benzene rings is 1. The Morgan fingerprint density at radius 1 is 1.55 bits per heavy atom. The number of unbranched alkanes of at least 4 members (excludes halogenated alkanes) is 2. The molecule has 6 nitrogen and oxygen atoms in total. The van der Waals surface area contributed by atoms with Gasteiger partial charge in [0, 0.05) is 22.5 Å². The molecule has 7 heteroatoms. The third-order valence-electron chi connectivity index (χ3n) is 2.64. The van der Waals surface area contributed by atoms with Gasteiger partial charge in [-0.15, -0.1) is 0 Å². The van der Waals surface area contributed by atoms with E-state index in [1.807, 2.05) is 6.07 Å². The van der Waals surface area contributed by atoms with E-state index in [4.69, 9.17) is 10.00 Å². The second-order valence-corrected chi connectivity index (χ2v) is 5.16. The van der Waals surface area contributed by atoms with E-state index in [2.05, 4.69) is 15.9 Å². The standard InChI is InChI=1S/C13H15BrN2O4/c1-9(17)11-7-10(14)8-12(16(18)19)13(11)20-6-4-2-3-5-15/h7-9,17H,2-4,6H2,1H3/t9-/m0/s1. The summed E-state index contributed by atoms with van der Waals surface area (Å²) in [6.07, 6.45) is 0.847. The lowest BCUT2D eigenvalue weighted by Gasteiger charge is -2.14. The van der Waals surface area contributed by atoms with Crippen molar-refractivity contribution in [2.75, 3.05) is 6.61 Å². The summed E-state index contributed by atoms with van der Waals surface area (Å²) in [5.41, 5.74) is 0.182. The summed E-state index contributed by atoms with van der Waals surface area (Å²) in [7, 11) is 0. The Morgan fingerprint density at radius 2 is 2.25 bits per heavy atom. The third kappa shape index (κ3) is 4.47. The van der Waals surface area contributed by atoms with E-state index in [1.165, 1.54) is 13.0 Å². The van der Waals surface area contributed by atoms with Crippen LogP contribution in [0.3, 0.4) is 0 Å². The van der Waals surface area contributed by atoms with Gasteiger partial charge >= 0.3 is 5.69 Å². The Hall–Kier alpha value is -1.65. The minimum atomic E-state index is -0.875. The predicted molar refractivity (Wildman–Crippen MR) is 76.4 cm³/mol. The summed E-state index contributed by atoms with van der Waals surface area (Å²) in [5.74, 6) is 0.0881.